The predicted molar refractivity (Wildman–Crippen MR) is 182 cm³/mol. The number of benzene rings is 2. The molecule has 1 unspecified atom stereocenters. The molecule has 4 rings (SSSR count). The first-order valence-electron chi connectivity index (χ1n) is 16.2. The van der Waals surface area contributed by atoms with Crippen LogP contribution in [0.2, 0.25) is 0 Å². The lowest BCUT2D eigenvalue weighted by atomic mass is 9.72. The minimum atomic E-state index is -0.798. The number of carbonyl (C=O) groups is 1. The number of aromatic nitrogens is 1. The summed E-state index contributed by atoms with van der Waals surface area (Å²) in [6.07, 6.45) is 6.10. The van der Waals surface area contributed by atoms with Gasteiger partial charge in [0, 0.05) is 44.3 Å². The zero-order chi connectivity index (χ0) is 32.8. The maximum atomic E-state index is 13.6. The van der Waals surface area contributed by atoms with Gasteiger partial charge < -0.3 is 20.2 Å². The van der Waals surface area contributed by atoms with E-state index in [1.807, 2.05) is 69.4 Å². The number of carbonyl (C=O) groups excluding carboxylic acids is 1. The number of pyridine rings is 1. The fraction of sp³-hybridized carbons (Fsp3) is 0.459. The number of ether oxygens (including phenoxy) is 2. The molecule has 0 spiro atoms. The Bertz CT molecular complexity index is 1380. The Morgan fingerprint density at radius 1 is 1.13 bits per heavy atom. The van der Waals surface area contributed by atoms with Crippen LogP contribution in [0.25, 0.3) is 0 Å². The second-order valence-electron chi connectivity index (χ2n) is 12.3. The minimum absolute atomic E-state index is 0.130. The Balaban J connectivity index is 0.00000177. The summed E-state index contributed by atoms with van der Waals surface area (Å²) in [5.74, 6) is 6.46. The highest BCUT2D eigenvalue weighted by atomic mass is 16.5. The van der Waals surface area contributed by atoms with Gasteiger partial charge >= 0.3 is 5.97 Å². The number of nitrogens with two attached hydrogens (primary N) is 2. The number of esters is 1. The van der Waals surface area contributed by atoms with Crippen molar-refractivity contribution in [2.24, 2.45) is 17.0 Å². The first-order chi connectivity index (χ1) is 21.6. The number of hydrogen-bond acceptors (Lipinski definition) is 8. The lowest BCUT2D eigenvalue weighted by molar-refractivity contribution is -0.156. The van der Waals surface area contributed by atoms with E-state index in [0.717, 1.165) is 42.2 Å². The normalized spacial score (nSPS) is 14.2. The van der Waals surface area contributed by atoms with Crippen molar-refractivity contribution in [1.29, 1.82) is 0 Å². The average Bonchev–Trinajstić information content (AvgIpc) is 3.23. The van der Waals surface area contributed by atoms with Crippen LogP contribution in [0.15, 0.2) is 78.8 Å². The van der Waals surface area contributed by atoms with Crippen molar-refractivity contribution in [3.8, 4) is 5.75 Å². The molecule has 8 nitrogen and oxygen atoms in total. The van der Waals surface area contributed by atoms with Gasteiger partial charge in [0.05, 0.1) is 11.1 Å². The van der Waals surface area contributed by atoms with Crippen LogP contribution in [0.1, 0.15) is 87.7 Å². The van der Waals surface area contributed by atoms with Gasteiger partial charge in [0.25, 0.3) is 0 Å². The van der Waals surface area contributed by atoms with Crippen LogP contribution < -0.4 is 16.3 Å². The molecule has 0 radical (unpaired) electrons. The molecule has 4 N–H and O–H groups in total. The summed E-state index contributed by atoms with van der Waals surface area (Å²) >= 11 is 0. The maximum absolute atomic E-state index is 13.6. The van der Waals surface area contributed by atoms with E-state index in [1.54, 1.807) is 11.2 Å². The molecule has 0 bridgehead atoms. The van der Waals surface area contributed by atoms with E-state index in [0.29, 0.717) is 31.7 Å². The second-order valence-corrected chi connectivity index (χ2v) is 12.3. The van der Waals surface area contributed by atoms with Gasteiger partial charge in [-0.15, -0.1) is 0 Å². The molecule has 2 heterocycles. The van der Waals surface area contributed by atoms with E-state index in [2.05, 4.69) is 48.9 Å². The van der Waals surface area contributed by atoms with E-state index in [1.165, 1.54) is 17.5 Å². The minimum Gasteiger partial charge on any atom is -0.490 e. The fourth-order valence-electron chi connectivity index (χ4n) is 5.38. The summed E-state index contributed by atoms with van der Waals surface area (Å²) < 4.78 is 11.8. The molecule has 3 aromatic rings. The molecule has 1 aromatic heterocycles. The quantitative estimate of drug-likeness (QED) is 0.130. The van der Waals surface area contributed by atoms with Crippen LogP contribution in [0.4, 0.5) is 0 Å². The highest BCUT2D eigenvalue weighted by Crippen LogP contribution is 2.41. The third-order valence-corrected chi connectivity index (χ3v) is 8.08. The van der Waals surface area contributed by atoms with Crippen molar-refractivity contribution >= 4 is 5.97 Å². The first kappa shape index (κ1) is 35.6. The smallest absolute Gasteiger partial charge is 0.312 e. The second kappa shape index (κ2) is 17.6. The van der Waals surface area contributed by atoms with Gasteiger partial charge in [-0.25, -0.2) is 5.84 Å². The van der Waals surface area contributed by atoms with Crippen LogP contribution in [0.5, 0.6) is 5.75 Å². The van der Waals surface area contributed by atoms with Gasteiger partial charge in [0.1, 0.15) is 19.0 Å². The van der Waals surface area contributed by atoms with Crippen molar-refractivity contribution < 1.29 is 14.3 Å². The topological polar surface area (TPSA) is 107 Å². The summed E-state index contributed by atoms with van der Waals surface area (Å²) in [5, 5.41) is 1.57. The highest BCUT2D eigenvalue weighted by molar-refractivity contribution is 5.77. The zero-order valence-corrected chi connectivity index (χ0v) is 28.1. The van der Waals surface area contributed by atoms with E-state index in [9.17, 15) is 4.79 Å². The van der Waals surface area contributed by atoms with Crippen molar-refractivity contribution in [2.75, 3.05) is 19.7 Å². The number of nitrogens with zero attached hydrogens (tertiary/aromatic N) is 3. The molecule has 0 saturated carbocycles. The van der Waals surface area contributed by atoms with Gasteiger partial charge in [0.15, 0.2) is 0 Å². The monoisotopic (exact) mass is 615 g/mol. The molecule has 1 aliphatic heterocycles. The lowest BCUT2D eigenvalue weighted by Gasteiger charge is -2.33. The molecule has 0 fully saturated rings. The third kappa shape index (κ3) is 10.6. The number of fused-ring (bicyclic) bond motifs is 1. The Kier molecular flexibility index (Phi) is 13.9. The molecular weight excluding hydrogens is 562 g/mol. The Labute approximate surface area is 270 Å². The van der Waals surface area contributed by atoms with Crippen molar-refractivity contribution in [2.45, 2.75) is 86.4 Å². The van der Waals surface area contributed by atoms with Crippen molar-refractivity contribution in [3.05, 3.63) is 107 Å². The van der Waals surface area contributed by atoms with Crippen LogP contribution in [-0.2, 0) is 29.2 Å². The van der Waals surface area contributed by atoms with E-state index in [4.69, 9.17) is 21.1 Å². The zero-order valence-electron chi connectivity index (χ0n) is 28.1. The molecule has 0 saturated heterocycles. The summed E-state index contributed by atoms with van der Waals surface area (Å²) in [5.41, 5.74) is 11.7. The molecule has 0 aliphatic carbocycles. The van der Waals surface area contributed by atoms with Crippen LogP contribution >= 0.6 is 0 Å². The molecule has 8 heteroatoms. The Hall–Kier alpha value is -3.88. The van der Waals surface area contributed by atoms with Crippen LogP contribution in [0.3, 0.4) is 0 Å². The lowest BCUT2D eigenvalue weighted by Crippen LogP contribution is -2.34. The highest BCUT2D eigenvalue weighted by Gasteiger charge is 2.39. The predicted octanol–water partition coefficient (Wildman–Crippen LogP) is 6.83. The van der Waals surface area contributed by atoms with E-state index < -0.39 is 5.41 Å². The molecule has 45 heavy (non-hydrogen) atoms. The Morgan fingerprint density at radius 3 is 2.58 bits per heavy atom. The molecule has 0 amide bonds. The number of hydrogen-bond donors (Lipinski definition) is 2. The average molecular weight is 616 g/mol. The molecule has 244 valence electrons. The van der Waals surface area contributed by atoms with Gasteiger partial charge in [-0.1, -0.05) is 68.8 Å². The number of hydrazine groups is 1. The molecular formula is C37H53N5O3. The molecule has 1 atom stereocenters. The van der Waals surface area contributed by atoms with E-state index in [-0.39, 0.29) is 18.5 Å². The Morgan fingerprint density at radius 2 is 1.87 bits per heavy atom. The molecule has 1 aliphatic rings. The van der Waals surface area contributed by atoms with Gasteiger partial charge in [0.2, 0.25) is 0 Å². The largest absolute Gasteiger partial charge is 0.490 e. The van der Waals surface area contributed by atoms with Crippen LogP contribution in [-0.4, -0.2) is 40.6 Å². The van der Waals surface area contributed by atoms with Crippen molar-refractivity contribution in [1.82, 2.24) is 14.9 Å². The van der Waals surface area contributed by atoms with Gasteiger partial charge in [-0.3, -0.25) is 14.7 Å². The third-order valence-electron chi connectivity index (χ3n) is 8.08. The van der Waals surface area contributed by atoms with E-state index >= 15 is 0 Å². The number of rotatable bonds is 12. The first-order valence-corrected chi connectivity index (χ1v) is 16.2. The summed E-state index contributed by atoms with van der Waals surface area (Å²) in [4.78, 5) is 20.5. The number of allylic oxidation sites excluding steroid dienone is 1. The maximum Gasteiger partial charge on any atom is 0.312 e. The van der Waals surface area contributed by atoms with Crippen LogP contribution in [0, 0.1) is 12.3 Å². The van der Waals surface area contributed by atoms with Gasteiger partial charge in [-0.2, -0.15) is 0 Å². The van der Waals surface area contributed by atoms with Gasteiger partial charge in [-0.05, 0) is 80.8 Å². The van der Waals surface area contributed by atoms with Crippen molar-refractivity contribution in [3.63, 3.8) is 0 Å². The summed E-state index contributed by atoms with van der Waals surface area (Å²) in [6.45, 7) is 16.1. The fourth-order valence-corrected chi connectivity index (χ4v) is 5.38. The number of aryl methyl sites for hydroxylation is 1. The standard InChI is InChI=1S/C34H45N5O3.C3H8/c1-5-39(36)22-29(35)15-16-30(34(3,4)33(40)42-24-26-10-7-6-8-11-26)27-14-13-25(2)28(20-27)21-38-18-19-41-32-12-9-17-37-31(32)23-38;1-3-2/h6-14,17,20,22,30H,5,15-16,18-19,21,23-24,35-36H2,1-4H3;3H2,1-2H3/b29-22-;. The SMILES string of the molecule is CCC.CCN(N)/C=C(\N)CCC(c1ccc(C)c(CN2CCOc3cccnc3C2)c1)C(C)(C)C(=O)OCc1ccccc1. The summed E-state index contributed by atoms with van der Waals surface area (Å²) in [7, 11) is 0. The molecule has 2 aromatic carbocycles. The summed E-state index contributed by atoms with van der Waals surface area (Å²) in [6, 6.07) is 20.2.